The SMILES string of the molecule is Cc1ccc(S(=O)(=O)NC[C@@H](NC(=O)c2cnn(C)c2)c2ccccc2)c(C)c1. The lowest BCUT2D eigenvalue weighted by Crippen LogP contribution is -2.38. The molecular formula is C21H24N4O3S. The van der Waals surface area contributed by atoms with Crippen molar-refractivity contribution in [3.63, 3.8) is 0 Å². The fourth-order valence-corrected chi connectivity index (χ4v) is 4.36. The van der Waals surface area contributed by atoms with E-state index in [4.69, 9.17) is 0 Å². The molecule has 3 aromatic rings. The summed E-state index contributed by atoms with van der Waals surface area (Å²) in [5, 5.41) is 6.90. The molecule has 1 amide bonds. The van der Waals surface area contributed by atoms with E-state index < -0.39 is 16.1 Å². The summed E-state index contributed by atoms with van der Waals surface area (Å²) in [6.45, 7) is 3.70. The van der Waals surface area contributed by atoms with Crippen molar-refractivity contribution in [1.82, 2.24) is 19.8 Å². The second-order valence-corrected chi connectivity index (χ2v) is 8.70. The van der Waals surface area contributed by atoms with E-state index in [9.17, 15) is 13.2 Å². The van der Waals surface area contributed by atoms with Gasteiger partial charge in [-0.05, 0) is 31.0 Å². The summed E-state index contributed by atoms with van der Waals surface area (Å²) >= 11 is 0. The highest BCUT2D eigenvalue weighted by Crippen LogP contribution is 2.18. The van der Waals surface area contributed by atoms with Crippen LogP contribution in [0.2, 0.25) is 0 Å². The number of amides is 1. The summed E-state index contributed by atoms with van der Waals surface area (Å²) in [5.41, 5.74) is 2.87. The Morgan fingerprint density at radius 2 is 1.86 bits per heavy atom. The van der Waals surface area contributed by atoms with E-state index in [0.29, 0.717) is 11.1 Å². The highest BCUT2D eigenvalue weighted by molar-refractivity contribution is 7.89. The van der Waals surface area contributed by atoms with Gasteiger partial charge < -0.3 is 5.32 Å². The summed E-state index contributed by atoms with van der Waals surface area (Å²) in [5.74, 6) is -0.322. The number of carbonyl (C=O) groups excluding carboxylic acids is 1. The van der Waals surface area contributed by atoms with Gasteiger partial charge in [-0.25, -0.2) is 13.1 Å². The number of aromatic nitrogens is 2. The van der Waals surface area contributed by atoms with Crippen LogP contribution < -0.4 is 10.0 Å². The number of rotatable bonds is 7. The highest BCUT2D eigenvalue weighted by atomic mass is 32.2. The summed E-state index contributed by atoms with van der Waals surface area (Å²) < 4.78 is 29.8. The Morgan fingerprint density at radius 1 is 1.14 bits per heavy atom. The number of hydrogen-bond donors (Lipinski definition) is 2. The van der Waals surface area contributed by atoms with Crippen LogP contribution in [0.15, 0.2) is 65.8 Å². The van der Waals surface area contributed by atoms with Crippen LogP contribution in [-0.2, 0) is 17.1 Å². The molecule has 7 nitrogen and oxygen atoms in total. The second-order valence-electron chi connectivity index (χ2n) is 6.96. The van der Waals surface area contributed by atoms with Crippen LogP contribution in [0.4, 0.5) is 0 Å². The van der Waals surface area contributed by atoms with E-state index in [-0.39, 0.29) is 17.3 Å². The predicted octanol–water partition coefficient (Wildman–Crippen LogP) is 2.49. The van der Waals surface area contributed by atoms with Gasteiger partial charge in [0.2, 0.25) is 10.0 Å². The Bertz CT molecular complexity index is 1110. The average molecular weight is 413 g/mol. The van der Waals surface area contributed by atoms with Crippen LogP contribution in [0.25, 0.3) is 0 Å². The van der Waals surface area contributed by atoms with Crippen LogP contribution >= 0.6 is 0 Å². The van der Waals surface area contributed by atoms with Gasteiger partial charge in [-0.2, -0.15) is 5.10 Å². The molecule has 1 aromatic heterocycles. The topological polar surface area (TPSA) is 93.1 Å². The van der Waals surface area contributed by atoms with Crippen molar-refractivity contribution in [2.75, 3.05) is 6.54 Å². The zero-order valence-corrected chi connectivity index (χ0v) is 17.4. The maximum absolute atomic E-state index is 12.8. The molecule has 2 N–H and O–H groups in total. The first kappa shape index (κ1) is 20.8. The fraction of sp³-hybridized carbons (Fsp3) is 0.238. The molecule has 0 saturated carbocycles. The molecule has 0 unspecified atom stereocenters. The van der Waals surface area contributed by atoms with Gasteiger partial charge in [0.1, 0.15) is 0 Å². The van der Waals surface area contributed by atoms with Crippen molar-refractivity contribution in [2.24, 2.45) is 7.05 Å². The van der Waals surface area contributed by atoms with Crippen molar-refractivity contribution in [3.05, 3.63) is 83.2 Å². The minimum atomic E-state index is -3.72. The summed E-state index contributed by atoms with van der Waals surface area (Å²) in [4.78, 5) is 12.8. The van der Waals surface area contributed by atoms with Crippen LogP contribution in [0, 0.1) is 13.8 Å². The molecule has 3 rings (SSSR count). The molecular weight excluding hydrogens is 388 g/mol. The van der Waals surface area contributed by atoms with Crippen molar-refractivity contribution >= 4 is 15.9 Å². The third-order valence-corrected chi connectivity index (χ3v) is 6.16. The standard InChI is InChI=1S/C21H24N4O3S/c1-15-9-10-20(16(2)11-15)29(27,28)23-13-19(17-7-5-4-6-8-17)24-21(26)18-12-22-25(3)14-18/h4-12,14,19,23H,13H2,1-3H3,(H,24,26)/t19-/m1/s1. The van der Waals surface area contributed by atoms with Gasteiger partial charge in [0.15, 0.2) is 0 Å². The van der Waals surface area contributed by atoms with Crippen LogP contribution in [0.1, 0.15) is 33.1 Å². The molecule has 1 heterocycles. The zero-order valence-electron chi connectivity index (χ0n) is 16.6. The average Bonchev–Trinajstić information content (AvgIpc) is 3.12. The second kappa shape index (κ2) is 8.59. The molecule has 0 bridgehead atoms. The number of hydrogen-bond acceptors (Lipinski definition) is 4. The minimum Gasteiger partial charge on any atom is -0.344 e. The number of sulfonamides is 1. The van der Waals surface area contributed by atoms with Crippen LogP contribution in [0.5, 0.6) is 0 Å². The van der Waals surface area contributed by atoms with Gasteiger partial charge in [-0.1, -0.05) is 48.0 Å². The van der Waals surface area contributed by atoms with E-state index in [1.165, 1.54) is 10.9 Å². The lowest BCUT2D eigenvalue weighted by Gasteiger charge is -2.20. The lowest BCUT2D eigenvalue weighted by molar-refractivity contribution is 0.0937. The Balaban J connectivity index is 1.81. The van der Waals surface area contributed by atoms with Gasteiger partial charge in [0.05, 0.1) is 22.7 Å². The monoisotopic (exact) mass is 412 g/mol. The minimum absolute atomic E-state index is 0.0195. The van der Waals surface area contributed by atoms with Gasteiger partial charge >= 0.3 is 0 Å². The Hall–Kier alpha value is -2.97. The van der Waals surface area contributed by atoms with Crippen LogP contribution in [-0.4, -0.2) is 30.7 Å². The molecule has 0 fully saturated rings. The van der Waals surface area contributed by atoms with E-state index in [2.05, 4.69) is 15.1 Å². The Morgan fingerprint density at radius 3 is 2.48 bits per heavy atom. The number of benzene rings is 2. The third kappa shape index (κ3) is 5.10. The van der Waals surface area contributed by atoms with Crippen molar-refractivity contribution in [2.45, 2.75) is 24.8 Å². The first-order valence-electron chi connectivity index (χ1n) is 9.17. The molecule has 0 aliphatic rings. The maximum atomic E-state index is 12.8. The first-order chi connectivity index (χ1) is 13.8. The maximum Gasteiger partial charge on any atom is 0.254 e. The molecule has 0 aliphatic carbocycles. The van der Waals surface area contributed by atoms with E-state index in [1.54, 1.807) is 32.3 Å². The molecule has 152 valence electrons. The number of nitrogens with one attached hydrogen (secondary N) is 2. The highest BCUT2D eigenvalue weighted by Gasteiger charge is 2.22. The van der Waals surface area contributed by atoms with Crippen LogP contribution in [0.3, 0.4) is 0 Å². The van der Waals surface area contributed by atoms with Gasteiger partial charge in [-0.15, -0.1) is 0 Å². The molecule has 0 aliphatic heterocycles. The first-order valence-corrected chi connectivity index (χ1v) is 10.7. The normalized spacial score (nSPS) is 12.5. The summed E-state index contributed by atoms with van der Waals surface area (Å²) in [6.07, 6.45) is 3.08. The van der Waals surface area contributed by atoms with Gasteiger partial charge in [0.25, 0.3) is 5.91 Å². The molecule has 0 saturated heterocycles. The van der Waals surface area contributed by atoms with Crippen molar-refractivity contribution in [1.29, 1.82) is 0 Å². The predicted molar refractivity (Wildman–Crippen MR) is 111 cm³/mol. The van der Waals surface area contributed by atoms with Gasteiger partial charge in [-0.3, -0.25) is 9.48 Å². The molecule has 0 spiro atoms. The molecule has 2 aromatic carbocycles. The van der Waals surface area contributed by atoms with E-state index >= 15 is 0 Å². The smallest absolute Gasteiger partial charge is 0.254 e. The van der Waals surface area contributed by atoms with E-state index in [1.807, 2.05) is 43.3 Å². The lowest BCUT2D eigenvalue weighted by atomic mass is 10.1. The Labute approximate surface area is 170 Å². The summed E-state index contributed by atoms with van der Waals surface area (Å²) in [7, 11) is -2.00. The number of aryl methyl sites for hydroxylation is 3. The molecule has 0 radical (unpaired) electrons. The quantitative estimate of drug-likeness (QED) is 0.624. The van der Waals surface area contributed by atoms with Crippen molar-refractivity contribution in [3.8, 4) is 0 Å². The Kier molecular flexibility index (Phi) is 6.14. The molecule has 29 heavy (non-hydrogen) atoms. The van der Waals surface area contributed by atoms with Gasteiger partial charge in [0, 0.05) is 19.8 Å². The zero-order chi connectivity index (χ0) is 21.0. The number of carbonyl (C=O) groups is 1. The summed E-state index contributed by atoms with van der Waals surface area (Å²) in [6, 6.07) is 13.9. The van der Waals surface area contributed by atoms with Crippen molar-refractivity contribution < 1.29 is 13.2 Å². The molecule has 8 heteroatoms. The number of nitrogens with zero attached hydrogens (tertiary/aromatic N) is 2. The largest absolute Gasteiger partial charge is 0.344 e. The third-order valence-electron chi connectivity index (χ3n) is 4.57. The fourth-order valence-electron chi connectivity index (χ4n) is 3.09. The van der Waals surface area contributed by atoms with E-state index in [0.717, 1.165) is 11.1 Å². The molecule has 1 atom stereocenters.